The van der Waals surface area contributed by atoms with Crippen LogP contribution >= 0.6 is 0 Å². The third-order valence-corrected chi connectivity index (χ3v) is 7.47. The first-order valence-corrected chi connectivity index (χ1v) is 14.0. The minimum absolute atomic E-state index is 0.0177. The predicted molar refractivity (Wildman–Crippen MR) is 140 cm³/mol. The number of sulfone groups is 1. The number of likely N-dealkylation sites (N-methyl/N-ethyl adjacent to an activating group) is 1. The number of hydrogen-bond acceptors (Lipinski definition) is 7. The average molecular weight is 568 g/mol. The van der Waals surface area contributed by atoms with Gasteiger partial charge in [-0.3, -0.25) is 0 Å². The molecular formula is C26H29F4N5O3S. The van der Waals surface area contributed by atoms with E-state index >= 15 is 4.39 Å². The molecule has 0 bridgehead atoms. The van der Waals surface area contributed by atoms with Crippen LogP contribution in [0.4, 0.5) is 23.2 Å². The molecule has 0 aliphatic carbocycles. The number of fused-ring (bicyclic) bond motifs is 1. The number of nitrogens with one attached hydrogen (secondary N) is 2. The molecule has 8 nitrogen and oxygen atoms in total. The maximum absolute atomic E-state index is 15.1. The quantitative estimate of drug-likeness (QED) is 0.350. The smallest absolute Gasteiger partial charge is 0.394 e. The van der Waals surface area contributed by atoms with Gasteiger partial charge in [0.25, 0.3) is 0 Å². The van der Waals surface area contributed by atoms with E-state index in [0.29, 0.717) is 24.3 Å². The number of benzene rings is 1. The molecule has 1 aliphatic heterocycles. The number of halogens is 4. The summed E-state index contributed by atoms with van der Waals surface area (Å²) in [5.41, 5.74) is 0.956. The first-order chi connectivity index (χ1) is 18.4. The van der Waals surface area contributed by atoms with Gasteiger partial charge in [0, 0.05) is 43.7 Å². The zero-order valence-electron chi connectivity index (χ0n) is 21.6. The van der Waals surface area contributed by atoms with Crippen LogP contribution in [0.15, 0.2) is 41.4 Å². The summed E-state index contributed by atoms with van der Waals surface area (Å²) < 4.78 is 85.8. The summed E-state index contributed by atoms with van der Waals surface area (Å²) in [4.78, 5) is 6.36. The van der Waals surface area contributed by atoms with Gasteiger partial charge < -0.3 is 24.7 Å². The monoisotopic (exact) mass is 567 g/mol. The van der Waals surface area contributed by atoms with Crippen LogP contribution in [0.3, 0.4) is 0 Å². The number of pyridine rings is 1. The van der Waals surface area contributed by atoms with Crippen LogP contribution in [0, 0.1) is 11.8 Å². The van der Waals surface area contributed by atoms with Crippen LogP contribution in [-0.4, -0.2) is 81.6 Å². The molecule has 2 N–H and O–H groups in total. The minimum Gasteiger partial charge on any atom is -0.495 e. The minimum atomic E-state index is -4.51. The van der Waals surface area contributed by atoms with Crippen LogP contribution in [0.1, 0.15) is 23.0 Å². The molecule has 39 heavy (non-hydrogen) atoms. The second kappa shape index (κ2) is 11.4. The van der Waals surface area contributed by atoms with Gasteiger partial charge in [-0.2, -0.15) is 13.2 Å². The summed E-state index contributed by atoms with van der Waals surface area (Å²) in [6, 6.07) is 6.82. The molecule has 0 amide bonds. The molecule has 1 fully saturated rings. The molecule has 2 atom stereocenters. The highest BCUT2D eigenvalue weighted by Gasteiger charge is 2.33. The fourth-order valence-electron chi connectivity index (χ4n) is 4.49. The predicted octanol–water partition coefficient (Wildman–Crippen LogP) is 3.23. The van der Waals surface area contributed by atoms with Crippen molar-refractivity contribution in [3.63, 3.8) is 0 Å². The van der Waals surface area contributed by atoms with Gasteiger partial charge in [0.05, 0.1) is 42.4 Å². The largest absolute Gasteiger partial charge is 0.495 e. The summed E-state index contributed by atoms with van der Waals surface area (Å²) in [5, 5.41) is 6.13. The van der Waals surface area contributed by atoms with Gasteiger partial charge in [0.2, 0.25) is 0 Å². The Morgan fingerprint density at radius 1 is 1.28 bits per heavy atom. The van der Waals surface area contributed by atoms with Crippen molar-refractivity contribution in [1.82, 2.24) is 19.6 Å². The molecular weight excluding hydrogens is 538 g/mol. The summed E-state index contributed by atoms with van der Waals surface area (Å²) in [6.45, 7) is 1.36. The third kappa shape index (κ3) is 6.81. The molecule has 0 spiro atoms. The van der Waals surface area contributed by atoms with Gasteiger partial charge in [0.15, 0.2) is 9.84 Å². The number of rotatable bonds is 6. The van der Waals surface area contributed by atoms with Crippen LogP contribution in [0.25, 0.3) is 5.65 Å². The normalized spacial score (nSPS) is 18.8. The number of anilines is 1. The summed E-state index contributed by atoms with van der Waals surface area (Å²) in [5.74, 6) is 5.78. The van der Waals surface area contributed by atoms with E-state index in [2.05, 4.69) is 27.5 Å². The lowest BCUT2D eigenvalue weighted by Gasteiger charge is -2.21. The van der Waals surface area contributed by atoms with E-state index in [1.807, 2.05) is 11.9 Å². The number of alkyl halides is 4. The molecule has 3 aromatic rings. The van der Waals surface area contributed by atoms with Gasteiger partial charge in [-0.15, -0.1) is 0 Å². The Hall–Kier alpha value is -3.34. The number of ether oxygens (including phenoxy) is 1. The zero-order chi connectivity index (χ0) is 28.4. The molecule has 4 rings (SSSR count). The van der Waals surface area contributed by atoms with Crippen LogP contribution in [0.2, 0.25) is 0 Å². The van der Waals surface area contributed by atoms with Crippen molar-refractivity contribution >= 4 is 21.2 Å². The topological polar surface area (TPSA) is 88.0 Å². The van der Waals surface area contributed by atoms with Crippen molar-refractivity contribution < 1.29 is 30.7 Å². The standard InChI is InChI=1S/C26H29F4N5O3S/c1-34-13-11-32-24(19(27)16-34)18-6-5-12-35-22(15-26(28,29)30)20(33-25(18)35)7-4-10-31-21-9-8-17(39(3,36)37)14-23(21)38-2/h5-6,8-9,12,14,19,24,31-32H,10-11,13,15-16H2,1-3H3/t19-,24-/m1/s1. The molecule has 0 saturated carbocycles. The lowest BCUT2D eigenvalue weighted by atomic mass is 10.0. The van der Waals surface area contributed by atoms with Gasteiger partial charge in [0.1, 0.15) is 23.3 Å². The Bertz CT molecular complexity index is 1510. The number of imidazole rings is 1. The molecule has 1 saturated heterocycles. The van der Waals surface area contributed by atoms with E-state index in [9.17, 15) is 21.6 Å². The Morgan fingerprint density at radius 3 is 2.74 bits per heavy atom. The van der Waals surface area contributed by atoms with E-state index in [-0.39, 0.29) is 40.8 Å². The Morgan fingerprint density at radius 2 is 2.05 bits per heavy atom. The van der Waals surface area contributed by atoms with Crippen molar-refractivity contribution in [1.29, 1.82) is 0 Å². The zero-order valence-corrected chi connectivity index (χ0v) is 22.5. The van der Waals surface area contributed by atoms with Gasteiger partial charge in [-0.05, 0) is 31.2 Å². The number of methoxy groups -OCH3 is 1. The van der Waals surface area contributed by atoms with E-state index in [1.54, 1.807) is 12.1 Å². The lowest BCUT2D eigenvalue weighted by Crippen LogP contribution is -2.31. The van der Waals surface area contributed by atoms with E-state index in [1.165, 1.54) is 35.9 Å². The molecule has 3 heterocycles. The maximum Gasteiger partial charge on any atom is 0.394 e. The van der Waals surface area contributed by atoms with Gasteiger partial charge in [-0.1, -0.05) is 12.0 Å². The molecule has 0 unspecified atom stereocenters. The second-order valence-electron chi connectivity index (χ2n) is 9.36. The fourth-order valence-corrected chi connectivity index (χ4v) is 5.13. The number of hydrogen-bond donors (Lipinski definition) is 2. The van der Waals surface area contributed by atoms with E-state index in [4.69, 9.17) is 4.74 Å². The SMILES string of the molecule is COc1cc(S(C)(=O)=O)ccc1NCC#Cc1nc2c([C@H]3NCCN(C)C[C@H]3F)cccn2c1CC(F)(F)F. The molecule has 2 aromatic heterocycles. The van der Waals surface area contributed by atoms with Crippen LogP contribution in [0.5, 0.6) is 5.75 Å². The van der Waals surface area contributed by atoms with Crippen molar-refractivity contribution in [3.8, 4) is 17.6 Å². The van der Waals surface area contributed by atoms with Gasteiger partial charge >= 0.3 is 6.18 Å². The van der Waals surface area contributed by atoms with Crippen molar-refractivity contribution in [2.24, 2.45) is 0 Å². The van der Waals surface area contributed by atoms with Crippen LogP contribution in [-0.2, 0) is 16.3 Å². The lowest BCUT2D eigenvalue weighted by molar-refractivity contribution is -0.128. The highest BCUT2D eigenvalue weighted by atomic mass is 32.2. The Kier molecular flexibility index (Phi) is 8.39. The third-order valence-electron chi connectivity index (χ3n) is 6.36. The summed E-state index contributed by atoms with van der Waals surface area (Å²) in [7, 11) is -0.236. The number of nitrogens with zero attached hydrogens (tertiary/aromatic N) is 3. The fraction of sp³-hybridized carbons (Fsp3) is 0.423. The molecule has 0 radical (unpaired) electrons. The van der Waals surface area contributed by atoms with E-state index < -0.39 is 34.6 Å². The second-order valence-corrected chi connectivity index (χ2v) is 11.4. The molecule has 13 heteroatoms. The summed E-state index contributed by atoms with van der Waals surface area (Å²) in [6.07, 6.45) is -4.50. The summed E-state index contributed by atoms with van der Waals surface area (Å²) >= 11 is 0. The van der Waals surface area contributed by atoms with Crippen LogP contribution < -0.4 is 15.4 Å². The first-order valence-electron chi connectivity index (χ1n) is 12.1. The molecule has 210 valence electrons. The highest BCUT2D eigenvalue weighted by Crippen LogP contribution is 2.30. The average Bonchev–Trinajstić information content (AvgIpc) is 3.09. The Labute approximate surface area is 224 Å². The molecule has 1 aromatic carbocycles. The van der Waals surface area contributed by atoms with Gasteiger partial charge in [-0.25, -0.2) is 17.8 Å². The Balaban J connectivity index is 1.66. The van der Waals surface area contributed by atoms with Crippen molar-refractivity contribution in [2.45, 2.75) is 29.7 Å². The number of aromatic nitrogens is 2. The van der Waals surface area contributed by atoms with E-state index in [0.717, 1.165) is 6.26 Å². The van der Waals surface area contributed by atoms with Crippen molar-refractivity contribution in [3.05, 3.63) is 53.5 Å². The van der Waals surface area contributed by atoms with Crippen molar-refractivity contribution in [2.75, 3.05) is 51.9 Å². The highest BCUT2D eigenvalue weighted by molar-refractivity contribution is 7.90. The first kappa shape index (κ1) is 28.7. The molecule has 1 aliphatic rings. The maximum atomic E-state index is 15.1.